The van der Waals surface area contributed by atoms with E-state index >= 15 is 0 Å². The zero-order valence-corrected chi connectivity index (χ0v) is 11.1. The fourth-order valence-corrected chi connectivity index (χ4v) is 2.24. The van der Waals surface area contributed by atoms with Crippen molar-refractivity contribution < 1.29 is 22.6 Å². The van der Waals surface area contributed by atoms with Gasteiger partial charge in [0.2, 0.25) is 0 Å². The summed E-state index contributed by atoms with van der Waals surface area (Å²) in [6, 6.07) is 12.6. The van der Waals surface area contributed by atoms with Gasteiger partial charge in [0.05, 0.1) is 18.8 Å². The molecule has 0 aromatic heterocycles. The van der Waals surface area contributed by atoms with E-state index < -0.39 is 11.7 Å². The van der Waals surface area contributed by atoms with Crippen LogP contribution in [0.2, 0.25) is 0 Å². The van der Waals surface area contributed by atoms with Gasteiger partial charge in [0.15, 0.2) is 6.29 Å². The Balaban J connectivity index is 1.80. The highest BCUT2D eigenvalue weighted by molar-refractivity contribution is 5.64. The summed E-state index contributed by atoms with van der Waals surface area (Å²) in [6.07, 6.45) is -4.65. The van der Waals surface area contributed by atoms with Gasteiger partial charge in [0.25, 0.3) is 0 Å². The van der Waals surface area contributed by atoms with Crippen LogP contribution in [0.5, 0.6) is 0 Å². The van der Waals surface area contributed by atoms with E-state index in [2.05, 4.69) is 0 Å². The van der Waals surface area contributed by atoms with Crippen LogP contribution in [-0.2, 0) is 15.7 Å². The first-order valence-electron chi connectivity index (χ1n) is 6.55. The van der Waals surface area contributed by atoms with Crippen molar-refractivity contribution in [3.05, 3.63) is 59.7 Å². The van der Waals surface area contributed by atoms with Crippen LogP contribution < -0.4 is 0 Å². The summed E-state index contributed by atoms with van der Waals surface area (Å²) >= 11 is 0. The molecule has 0 aliphatic carbocycles. The van der Waals surface area contributed by atoms with Gasteiger partial charge in [-0.25, -0.2) is 0 Å². The first-order valence-corrected chi connectivity index (χ1v) is 6.55. The monoisotopic (exact) mass is 294 g/mol. The first-order chi connectivity index (χ1) is 10.0. The Kier molecular flexibility index (Phi) is 3.69. The topological polar surface area (TPSA) is 18.5 Å². The molecule has 0 atom stereocenters. The lowest BCUT2D eigenvalue weighted by Crippen LogP contribution is -2.04. The molecule has 3 rings (SSSR count). The molecule has 0 saturated carbocycles. The molecular weight excluding hydrogens is 281 g/mol. The van der Waals surface area contributed by atoms with Crippen LogP contribution in [0.25, 0.3) is 11.1 Å². The maximum atomic E-state index is 12.5. The average molecular weight is 294 g/mol. The van der Waals surface area contributed by atoms with Gasteiger partial charge >= 0.3 is 6.18 Å². The van der Waals surface area contributed by atoms with Crippen LogP contribution in [0.3, 0.4) is 0 Å². The Bertz CT molecular complexity index is 597. The van der Waals surface area contributed by atoms with Gasteiger partial charge in [0.1, 0.15) is 0 Å². The van der Waals surface area contributed by atoms with Crippen LogP contribution in [0, 0.1) is 0 Å². The van der Waals surface area contributed by atoms with E-state index in [9.17, 15) is 13.2 Å². The standard InChI is InChI=1S/C16H13F3O2/c17-16(18,19)14-7-5-12(6-8-14)11-1-3-13(4-2-11)15-20-9-10-21-15/h1-8,15H,9-10H2. The number of hydrogen-bond acceptors (Lipinski definition) is 2. The fourth-order valence-electron chi connectivity index (χ4n) is 2.24. The maximum absolute atomic E-state index is 12.5. The van der Waals surface area contributed by atoms with Crippen molar-refractivity contribution in [2.45, 2.75) is 12.5 Å². The summed E-state index contributed by atoms with van der Waals surface area (Å²) in [5.41, 5.74) is 1.85. The van der Waals surface area contributed by atoms with E-state index in [1.165, 1.54) is 12.1 Å². The van der Waals surface area contributed by atoms with Crippen molar-refractivity contribution in [3.8, 4) is 11.1 Å². The van der Waals surface area contributed by atoms with Gasteiger partial charge in [-0.2, -0.15) is 13.2 Å². The third kappa shape index (κ3) is 3.09. The van der Waals surface area contributed by atoms with Crippen LogP contribution in [0.15, 0.2) is 48.5 Å². The van der Waals surface area contributed by atoms with E-state index in [1.807, 2.05) is 24.3 Å². The number of alkyl halides is 3. The highest BCUT2D eigenvalue weighted by atomic mass is 19.4. The number of hydrogen-bond donors (Lipinski definition) is 0. The van der Waals surface area contributed by atoms with Gasteiger partial charge in [-0.05, 0) is 23.3 Å². The van der Waals surface area contributed by atoms with Crippen molar-refractivity contribution in [1.29, 1.82) is 0 Å². The number of ether oxygens (including phenoxy) is 2. The minimum absolute atomic E-state index is 0.341. The Morgan fingerprint density at radius 2 is 1.24 bits per heavy atom. The first kappa shape index (κ1) is 14.1. The zero-order valence-electron chi connectivity index (χ0n) is 11.1. The molecule has 2 aromatic carbocycles. The molecule has 5 heteroatoms. The summed E-state index contributed by atoms with van der Waals surface area (Å²) < 4.78 is 48.3. The van der Waals surface area contributed by atoms with E-state index in [0.717, 1.165) is 28.8 Å². The maximum Gasteiger partial charge on any atom is 0.416 e. The summed E-state index contributed by atoms with van der Waals surface area (Å²) in [6.45, 7) is 1.15. The van der Waals surface area contributed by atoms with Crippen LogP contribution in [-0.4, -0.2) is 13.2 Å². The summed E-state index contributed by atoms with van der Waals surface area (Å²) in [7, 11) is 0. The number of rotatable bonds is 2. The lowest BCUT2D eigenvalue weighted by Gasteiger charge is -2.11. The predicted molar refractivity (Wildman–Crippen MR) is 71.5 cm³/mol. The van der Waals surface area contributed by atoms with E-state index in [0.29, 0.717) is 13.2 Å². The molecule has 0 N–H and O–H groups in total. The third-order valence-electron chi connectivity index (χ3n) is 3.35. The zero-order chi connectivity index (χ0) is 14.9. The van der Waals surface area contributed by atoms with Crippen LogP contribution >= 0.6 is 0 Å². The molecule has 1 aliphatic rings. The van der Waals surface area contributed by atoms with E-state index in [1.54, 1.807) is 0 Å². The Morgan fingerprint density at radius 1 is 0.762 bits per heavy atom. The normalized spacial score (nSPS) is 16.3. The minimum atomic E-state index is -4.31. The molecule has 0 unspecified atom stereocenters. The molecule has 1 heterocycles. The highest BCUT2D eigenvalue weighted by Crippen LogP contribution is 2.31. The molecular formula is C16H13F3O2. The molecule has 1 fully saturated rings. The number of halogens is 3. The van der Waals surface area contributed by atoms with Gasteiger partial charge in [-0.3, -0.25) is 0 Å². The Morgan fingerprint density at radius 3 is 1.71 bits per heavy atom. The second kappa shape index (κ2) is 5.50. The van der Waals surface area contributed by atoms with E-state index in [-0.39, 0.29) is 6.29 Å². The van der Waals surface area contributed by atoms with Crippen molar-refractivity contribution in [2.75, 3.05) is 13.2 Å². The smallest absolute Gasteiger partial charge is 0.346 e. The SMILES string of the molecule is FC(F)(F)c1ccc(-c2ccc(C3OCCO3)cc2)cc1. The van der Waals surface area contributed by atoms with Crippen molar-refractivity contribution >= 4 is 0 Å². The predicted octanol–water partition coefficient (Wildman–Crippen LogP) is 4.42. The van der Waals surface area contributed by atoms with Crippen LogP contribution in [0.4, 0.5) is 13.2 Å². The summed E-state index contributed by atoms with van der Waals surface area (Å²) in [4.78, 5) is 0. The molecule has 0 bridgehead atoms. The molecule has 0 amide bonds. The second-order valence-electron chi connectivity index (χ2n) is 4.77. The third-order valence-corrected chi connectivity index (χ3v) is 3.35. The molecule has 110 valence electrons. The summed E-state index contributed by atoms with van der Waals surface area (Å²) in [5, 5.41) is 0. The second-order valence-corrected chi connectivity index (χ2v) is 4.77. The average Bonchev–Trinajstić information content (AvgIpc) is 3.01. The molecule has 2 aromatic rings. The molecule has 1 aliphatic heterocycles. The molecule has 0 spiro atoms. The van der Waals surface area contributed by atoms with Crippen molar-refractivity contribution in [3.63, 3.8) is 0 Å². The largest absolute Gasteiger partial charge is 0.416 e. The van der Waals surface area contributed by atoms with Gasteiger partial charge in [-0.1, -0.05) is 36.4 Å². The minimum Gasteiger partial charge on any atom is -0.346 e. The lowest BCUT2D eigenvalue weighted by atomic mass is 10.0. The van der Waals surface area contributed by atoms with Gasteiger partial charge in [-0.15, -0.1) is 0 Å². The lowest BCUT2D eigenvalue weighted by molar-refractivity contribution is -0.137. The van der Waals surface area contributed by atoms with Crippen molar-refractivity contribution in [2.24, 2.45) is 0 Å². The fraction of sp³-hybridized carbons (Fsp3) is 0.250. The highest BCUT2D eigenvalue weighted by Gasteiger charge is 2.29. The quantitative estimate of drug-likeness (QED) is 0.816. The molecule has 2 nitrogen and oxygen atoms in total. The van der Waals surface area contributed by atoms with E-state index in [4.69, 9.17) is 9.47 Å². The van der Waals surface area contributed by atoms with Gasteiger partial charge in [0, 0.05) is 5.56 Å². The Labute approximate surface area is 120 Å². The van der Waals surface area contributed by atoms with Gasteiger partial charge < -0.3 is 9.47 Å². The molecule has 0 radical (unpaired) electrons. The molecule has 1 saturated heterocycles. The Hall–Kier alpha value is -1.85. The number of benzene rings is 2. The van der Waals surface area contributed by atoms with Crippen LogP contribution in [0.1, 0.15) is 17.4 Å². The summed E-state index contributed by atoms with van der Waals surface area (Å²) in [5.74, 6) is 0. The molecule has 21 heavy (non-hydrogen) atoms. The van der Waals surface area contributed by atoms with Crippen molar-refractivity contribution in [1.82, 2.24) is 0 Å².